The Labute approximate surface area is 86.6 Å². The van der Waals surface area contributed by atoms with Crippen molar-refractivity contribution in [1.82, 2.24) is 0 Å². The van der Waals surface area contributed by atoms with Crippen LogP contribution in [0.4, 0.5) is 0 Å². The Balaban J connectivity index is 4.53. The summed E-state index contributed by atoms with van der Waals surface area (Å²) in [5, 5.41) is 0. The van der Waals surface area contributed by atoms with E-state index in [9.17, 15) is 4.79 Å². The SMILES string of the molecule is C=CCC(C)(CC=C)C(=O)OC(C)C. The quantitative estimate of drug-likeness (QED) is 0.482. The average molecular weight is 196 g/mol. The lowest BCUT2D eigenvalue weighted by Crippen LogP contribution is -2.30. The molecule has 14 heavy (non-hydrogen) atoms. The molecular weight excluding hydrogens is 176 g/mol. The molecule has 2 nitrogen and oxygen atoms in total. The van der Waals surface area contributed by atoms with Gasteiger partial charge in [0.25, 0.3) is 0 Å². The largest absolute Gasteiger partial charge is 0.463 e. The van der Waals surface area contributed by atoms with Crippen molar-refractivity contribution in [3.05, 3.63) is 25.3 Å². The van der Waals surface area contributed by atoms with Crippen LogP contribution in [0.5, 0.6) is 0 Å². The first-order chi connectivity index (χ1) is 6.46. The number of allylic oxidation sites excluding steroid dienone is 2. The topological polar surface area (TPSA) is 26.3 Å². The second-order valence-corrected chi connectivity index (χ2v) is 4.00. The molecular formula is C12H20O2. The Bertz CT molecular complexity index is 206. The van der Waals surface area contributed by atoms with Crippen LogP contribution in [0.3, 0.4) is 0 Å². The summed E-state index contributed by atoms with van der Waals surface area (Å²) in [5.41, 5.74) is -0.506. The van der Waals surface area contributed by atoms with Crippen LogP contribution < -0.4 is 0 Å². The van der Waals surface area contributed by atoms with E-state index in [2.05, 4.69) is 13.2 Å². The first-order valence-corrected chi connectivity index (χ1v) is 4.89. The van der Waals surface area contributed by atoms with Crippen molar-refractivity contribution < 1.29 is 9.53 Å². The normalized spacial score (nSPS) is 11.1. The lowest BCUT2D eigenvalue weighted by molar-refractivity contribution is -0.158. The van der Waals surface area contributed by atoms with Crippen molar-refractivity contribution in [2.24, 2.45) is 5.41 Å². The monoisotopic (exact) mass is 196 g/mol. The molecule has 80 valence electrons. The fourth-order valence-electron chi connectivity index (χ4n) is 1.24. The van der Waals surface area contributed by atoms with Gasteiger partial charge in [-0.2, -0.15) is 0 Å². The summed E-state index contributed by atoms with van der Waals surface area (Å²) < 4.78 is 5.19. The van der Waals surface area contributed by atoms with E-state index in [0.29, 0.717) is 12.8 Å². The zero-order valence-electron chi connectivity index (χ0n) is 9.38. The van der Waals surface area contributed by atoms with Crippen molar-refractivity contribution in [2.45, 2.75) is 39.7 Å². The van der Waals surface area contributed by atoms with Crippen LogP contribution in [-0.2, 0) is 9.53 Å². The van der Waals surface area contributed by atoms with Gasteiger partial charge in [0.2, 0.25) is 0 Å². The zero-order valence-corrected chi connectivity index (χ0v) is 9.38. The molecule has 0 aliphatic carbocycles. The Kier molecular flexibility index (Phi) is 5.21. The van der Waals surface area contributed by atoms with Crippen LogP contribution in [0.1, 0.15) is 33.6 Å². The van der Waals surface area contributed by atoms with Gasteiger partial charge >= 0.3 is 5.97 Å². The molecule has 0 saturated heterocycles. The molecule has 0 aromatic rings. The van der Waals surface area contributed by atoms with E-state index in [1.165, 1.54) is 0 Å². The minimum atomic E-state index is -0.506. The molecule has 0 rings (SSSR count). The lowest BCUT2D eigenvalue weighted by Gasteiger charge is -2.25. The van der Waals surface area contributed by atoms with E-state index in [4.69, 9.17) is 4.74 Å². The third-order valence-corrected chi connectivity index (χ3v) is 2.03. The van der Waals surface area contributed by atoms with Gasteiger partial charge in [-0.1, -0.05) is 12.2 Å². The number of esters is 1. The zero-order chi connectivity index (χ0) is 11.2. The number of carbonyl (C=O) groups excluding carboxylic acids is 1. The molecule has 0 radical (unpaired) electrons. The molecule has 0 aliphatic rings. The van der Waals surface area contributed by atoms with Gasteiger partial charge in [0, 0.05) is 0 Å². The van der Waals surface area contributed by atoms with Gasteiger partial charge in [-0.25, -0.2) is 0 Å². The maximum atomic E-state index is 11.7. The first kappa shape index (κ1) is 12.9. The third kappa shape index (κ3) is 3.77. The maximum Gasteiger partial charge on any atom is 0.312 e. The fraction of sp³-hybridized carbons (Fsp3) is 0.583. The maximum absolute atomic E-state index is 11.7. The summed E-state index contributed by atoms with van der Waals surface area (Å²) in [6, 6.07) is 0. The van der Waals surface area contributed by atoms with Crippen LogP contribution in [0, 0.1) is 5.41 Å². The summed E-state index contributed by atoms with van der Waals surface area (Å²) in [5.74, 6) is -0.174. The van der Waals surface area contributed by atoms with Gasteiger partial charge in [-0.3, -0.25) is 4.79 Å². The minimum Gasteiger partial charge on any atom is -0.463 e. The van der Waals surface area contributed by atoms with Crippen molar-refractivity contribution in [3.8, 4) is 0 Å². The third-order valence-electron chi connectivity index (χ3n) is 2.03. The summed E-state index contributed by atoms with van der Waals surface area (Å²) in [7, 11) is 0. The Morgan fingerprint density at radius 2 is 1.79 bits per heavy atom. The molecule has 0 fully saturated rings. The Morgan fingerprint density at radius 1 is 1.36 bits per heavy atom. The van der Waals surface area contributed by atoms with Crippen molar-refractivity contribution in [3.63, 3.8) is 0 Å². The van der Waals surface area contributed by atoms with E-state index >= 15 is 0 Å². The Morgan fingerprint density at radius 3 is 2.07 bits per heavy atom. The van der Waals surface area contributed by atoms with Crippen molar-refractivity contribution >= 4 is 5.97 Å². The number of hydrogen-bond donors (Lipinski definition) is 0. The van der Waals surface area contributed by atoms with E-state index in [1.54, 1.807) is 12.2 Å². The van der Waals surface area contributed by atoms with Gasteiger partial charge in [0.1, 0.15) is 0 Å². The molecule has 0 unspecified atom stereocenters. The van der Waals surface area contributed by atoms with E-state index in [1.807, 2.05) is 20.8 Å². The summed E-state index contributed by atoms with van der Waals surface area (Å²) >= 11 is 0. The van der Waals surface area contributed by atoms with E-state index in [0.717, 1.165) is 0 Å². The van der Waals surface area contributed by atoms with Gasteiger partial charge in [0.15, 0.2) is 0 Å². The molecule has 0 amide bonds. The highest BCUT2D eigenvalue weighted by atomic mass is 16.5. The molecule has 0 N–H and O–H groups in total. The van der Waals surface area contributed by atoms with Gasteiger partial charge in [-0.15, -0.1) is 13.2 Å². The highest BCUT2D eigenvalue weighted by molar-refractivity contribution is 5.77. The smallest absolute Gasteiger partial charge is 0.312 e. The van der Waals surface area contributed by atoms with E-state index in [-0.39, 0.29) is 12.1 Å². The molecule has 0 atom stereocenters. The molecule has 0 aromatic carbocycles. The highest BCUT2D eigenvalue weighted by Gasteiger charge is 2.32. The second kappa shape index (κ2) is 5.63. The van der Waals surface area contributed by atoms with Gasteiger partial charge in [-0.05, 0) is 33.6 Å². The van der Waals surface area contributed by atoms with E-state index < -0.39 is 5.41 Å². The fourth-order valence-corrected chi connectivity index (χ4v) is 1.24. The van der Waals surface area contributed by atoms with Crippen LogP contribution >= 0.6 is 0 Å². The predicted molar refractivity (Wildman–Crippen MR) is 59.0 cm³/mol. The molecule has 0 aliphatic heterocycles. The van der Waals surface area contributed by atoms with Crippen LogP contribution in [-0.4, -0.2) is 12.1 Å². The molecule has 0 bridgehead atoms. The standard InChI is InChI=1S/C12H20O2/c1-6-8-12(5,9-7-2)11(13)14-10(3)4/h6-7,10H,1-2,8-9H2,3-5H3. The molecule has 0 spiro atoms. The number of carbonyl (C=O) groups is 1. The highest BCUT2D eigenvalue weighted by Crippen LogP contribution is 2.29. The second-order valence-electron chi connectivity index (χ2n) is 4.00. The number of hydrogen-bond acceptors (Lipinski definition) is 2. The van der Waals surface area contributed by atoms with Gasteiger partial charge in [0.05, 0.1) is 11.5 Å². The molecule has 2 heteroatoms. The predicted octanol–water partition coefficient (Wildman–Crippen LogP) is 3.10. The van der Waals surface area contributed by atoms with Crippen molar-refractivity contribution in [2.75, 3.05) is 0 Å². The molecule has 0 heterocycles. The summed E-state index contributed by atoms with van der Waals surface area (Å²) in [4.78, 5) is 11.7. The number of rotatable bonds is 6. The first-order valence-electron chi connectivity index (χ1n) is 4.89. The molecule has 0 saturated carbocycles. The average Bonchev–Trinajstić information content (AvgIpc) is 2.03. The number of ether oxygens (including phenoxy) is 1. The van der Waals surface area contributed by atoms with Crippen molar-refractivity contribution in [1.29, 1.82) is 0 Å². The lowest BCUT2D eigenvalue weighted by atomic mass is 9.83. The Hall–Kier alpha value is -1.05. The van der Waals surface area contributed by atoms with Crippen LogP contribution in [0.2, 0.25) is 0 Å². The summed E-state index contributed by atoms with van der Waals surface area (Å²) in [6.07, 6.45) is 4.64. The van der Waals surface area contributed by atoms with Gasteiger partial charge < -0.3 is 4.74 Å². The van der Waals surface area contributed by atoms with Crippen LogP contribution in [0.25, 0.3) is 0 Å². The van der Waals surface area contributed by atoms with Crippen LogP contribution in [0.15, 0.2) is 25.3 Å². The summed E-state index contributed by atoms with van der Waals surface area (Å²) in [6.45, 7) is 12.9. The minimum absolute atomic E-state index is 0.0727. The molecule has 0 aromatic heterocycles.